The van der Waals surface area contributed by atoms with Crippen LogP contribution in [0.1, 0.15) is 0 Å². The van der Waals surface area contributed by atoms with Crippen LogP contribution in [-0.2, 0) is 10.0 Å². The average molecular weight is 291 g/mol. The number of nitro groups is 1. The SMILES string of the molecule is CN(C)CCNS(=O)(=O)c1cccc(F)c1[N+](=O)[O-]. The van der Waals surface area contributed by atoms with Gasteiger partial charge in [0.05, 0.1) is 4.92 Å². The summed E-state index contributed by atoms with van der Waals surface area (Å²) in [5, 5.41) is 10.7. The second-order valence-corrected chi connectivity index (χ2v) is 5.78. The molecule has 0 spiro atoms. The first-order valence-corrected chi connectivity index (χ1v) is 6.81. The number of likely N-dealkylation sites (N-methyl/N-ethyl adjacent to an activating group) is 1. The lowest BCUT2D eigenvalue weighted by Crippen LogP contribution is -2.31. The first-order chi connectivity index (χ1) is 8.75. The minimum absolute atomic E-state index is 0.0724. The van der Waals surface area contributed by atoms with Crippen molar-refractivity contribution in [3.8, 4) is 0 Å². The van der Waals surface area contributed by atoms with E-state index in [2.05, 4.69) is 4.72 Å². The maximum absolute atomic E-state index is 13.3. The third kappa shape index (κ3) is 3.94. The molecule has 0 amide bonds. The highest BCUT2D eigenvalue weighted by Crippen LogP contribution is 2.26. The zero-order chi connectivity index (χ0) is 14.6. The van der Waals surface area contributed by atoms with Crippen molar-refractivity contribution in [2.24, 2.45) is 0 Å². The first kappa shape index (κ1) is 15.5. The molecular weight excluding hydrogens is 277 g/mol. The lowest BCUT2D eigenvalue weighted by Gasteiger charge is -2.11. The number of hydrogen-bond acceptors (Lipinski definition) is 5. The normalized spacial score (nSPS) is 11.8. The summed E-state index contributed by atoms with van der Waals surface area (Å²) in [6, 6.07) is 2.96. The Morgan fingerprint density at radius 2 is 2.05 bits per heavy atom. The molecule has 0 fully saturated rings. The maximum atomic E-state index is 13.3. The van der Waals surface area contributed by atoms with E-state index in [0.717, 1.165) is 18.2 Å². The highest BCUT2D eigenvalue weighted by molar-refractivity contribution is 7.89. The molecule has 0 aliphatic carbocycles. The van der Waals surface area contributed by atoms with Gasteiger partial charge in [-0.2, -0.15) is 4.39 Å². The topological polar surface area (TPSA) is 92.6 Å². The number of sulfonamides is 1. The number of hydrogen-bond donors (Lipinski definition) is 1. The molecule has 0 bridgehead atoms. The van der Waals surface area contributed by atoms with Crippen molar-refractivity contribution in [2.75, 3.05) is 27.2 Å². The van der Waals surface area contributed by atoms with E-state index in [-0.39, 0.29) is 6.54 Å². The van der Waals surface area contributed by atoms with E-state index in [1.165, 1.54) is 0 Å². The number of nitrogens with zero attached hydrogens (tertiary/aromatic N) is 2. The van der Waals surface area contributed by atoms with Crippen molar-refractivity contribution in [3.63, 3.8) is 0 Å². The van der Waals surface area contributed by atoms with Gasteiger partial charge in [-0.25, -0.2) is 13.1 Å². The maximum Gasteiger partial charge on any atom is 0.324 e. The van der Waals surface area contributed by atoms with Gasteiger partial charge in [0.2, 0.25) is 15.8 Å². The Balaban J connectivity index is 3.08. The van der Waals surface area contributed by atoms with E-state index in [4.69, 9.17) is 0 Å². The van der Waals surface area contributed by atoms with E-state index >= 15 is 0 Å². The van der Waals surface area contributed by atoms with Crippen LogP contribution in [0.3, 0.4) is 0 Å². The Labute approximate surface area is 110 Å². The lowest BCUT2D eigenvalue weighted by atomic mass is 10.3. The molecule has 0 saturated heterocycles. The highest BCUT2D eigenvalue weighted by atomic mass is 32.2. The average Bonchev–Trinajstić information content (AvgIpc) is 2.27. The fraction of sp³-hybridized carbons (Fsp3) is 0.400. The van der Waals surface area contributed by atoms with Crippen LogP contribution < -0.4 is 4.72 Å². The monoisotopic (exact) mass is 291 g/mol. The summed E-state index contributed by atoms with van der Waals surface area (Å²) in [4.78, 5) is 10.8. The molecule has 7 nitrogen and oxygen atoms in total. The third-order valence-electron chi connectivity index (χ3n) is 2.27. The molecule has 1 aromatic carbocycles. The number of rotatable bonds is 6. The summed E-state index contributed by atoms with van der Waals surface area (Å²) >= 11 is 0. The summed E-state index contributed by atoms with van der Waals surface area (Å²) in [5.41, 5.74) is -1.04. The molecule has 19 heavy (non-hydrogen) atoms. The Morgan fingerprint density at radius 1 is 1.42 bits per heavy atom. The summed E-state index contributed by atoms with van der Waals surface area (Å²) < 4.78 is 39.3. The standard InChI is InChI=1S/C10H14FN3O4S/c1-13(2)7-6-12-19(17,18)9-5-3-4-8(11)10(9)14(15)16/h3-5,12H,6-7H2,1-2H3. The van der Waals surface area contributed by atoms with E-state index in [1.54, 1.807) is 19.0 Å². The van der Waals surface area contributed by atoms with Crippen molar-refractivity contribution in [1.29, 1.82) is 0 Å². The van der Waals surface area contributed by atoms with E-state index in [9.17, 15) is 22.9 Å². The zero-order valence-corrected chi connectivity index (χ0v) is 11.3. The van der Waals surface area contributed by atoms with Gasteiger partial charge in [0.25, 0.3) is 0 Å². The van der Waals surface area contributed by atoms with E-state index in [0.29, 0.717) is 6.54 Å². The number of nitrogens with one attached hydrogen (secondary N) is 1. The molecule has 1 rings (SSSR count). The van der Waals surface area contributed by atoms with Crippen molar-refractivity contribution in [1.82, 2.24) is 9.62 Å². The number of halogens is 1. The molecule has 0 aliphatic heterocycles. The van der Waals surface area contributed by atoms with Gasteiger partial charge >= 0.3 is 5.69 Å². The Morgan fingerprint density at radius 3 is 2.58 bits per heavy atom. The van der Waals surface area contributed by atoms with Crippen LogP contribution in [0, 0.1) is 15.9 Å². The van der Waals surface area contributed by atoms with Crippen molar-refractivity contribution in [2.45, 2.75) is 4.90 Å². The van der Waals surface area contributed by atoms with Crippen LogP contribution in [0.4, 0.5) is 10.1 Å². The molecule has 0 saturated carbocycles. The van der Waals surface area contributed by atoms with Crippen molar-refractivity contribution < 1.29 is 17.7 Å². The predicted octanol–water partition coefficient (Wildman–Crippen LogP) is 0.574. The van der Waals surface area contributed by atoms with Gasteiger partial charge in [0.1, 0.15) is 0 Å². The lowest BCUT2D eigenvalue weighted by molar-refractivity contribution is -0.390. The van der Waals surface area contributed by atoms with Gasteiger partial charge in [0.15, 0.2) is 4.90 Å². The summed E-state index contributed by atoms with van der Waals surface area (Å²) in [6.07, 6.45) is 0. The first-order valence-electron chi connectivity index (χ1n) is 5.33. The molecule has 0 aromatic heterocycles. The zero-order valence-electron chi connectivity index (χ0n) is 10.5. The van der Waals surface area contributed by atoms with Crippen LogP contribution in [0.15, 0.2) is 23.1 Å². The quantitative estimate of drug-likeness (QED) is 0.611. The van der Waals surface area contributed by atoms with Gasteiger partial charge in [-0.05, 0) is 26.2 Å². The van der Waals surface area contributed by atoms with Gasteiger partial charge in [-0.3, -0.25) is 10.1 Å². The molecule has 0 radical (unpaired) electrons. The molecule has 0 heterocycles. The summed E-state index contributed by atoms with van der Waals surface area (Å²) in [6.45, 7) is 0.491. The Bertz CT molecular complexity index is 574. The Hall–Kier alpha value is -1.58. The molecule has 1 N–H and O–H groups in total. The van der Waals surface area contributed by atoms with Crippen molar-refractivity contribution in [3.05, 3.63) is 34.1 Å². The summed E-state index contributed by atoms with van der Waals surface area (Å²) in [7, 11) is -0.615. The van der Waals surface area contributed by atoms with E-state index < -0.39 is 31.3 Å². The van der Waals surface area contributed by atoms with Crippen LogP contribution in [-0.4, -0.2) is 45.4 Å². The van der Waals surface area contributed by atoms with Crippen LogP contribution in [0.2, 0.25) is 0 Å². The summed E-state index contributed by atoms with van der Waals surface area (Å²) in [5.74, 6) is -1.18. The third-order valence-corrected chi connectivity index (χ3v) is 3.77. The molecule has 0 unspecified atom stereocenters. The molecule has 0 atom stereocenters. The Kier molecular flexibility index (Phi) is 4.92. The van der Waals surface area contributed by atoms with Gasteiger partial charge in [0, 0.05) is 13.1 Å². The second kappa shape index (κ2) is 6.04. The predicted molar refractivity (Wildman–Crippen MR) is 66.8 cm³/mol. The molecule has 106 valence electrons. The van der Waals surface area contributed by atoms with Gasteiger partial charge < -0.3 is 4.90 Å². The largest absolute Gasteiger partial charge is 0.324 e. The van der Waals surface area contributed by atoms with Crippen LogP contribution in [0.25, 0.3) is 0 Å². The molecule has 9 heteroatoms. The minimum atomic E-state index is -4.11. The van der Waals surface area contributed by atoms with Crippen molar-refractivity contribution >= 4 is 15.7 Å². The van der Waals surface area contributed by atoms with Crippen LogP contribution in [0.5, 0.6) is 0 Å². The minimum Gasteiger partial charge on any atom is -0.308 e. The molecule has 1 aromatic rings. The number of benzene rings is 1. The van der Waals surface area contributed by atoms with E-state index in [1.807, 2.05) is 0 Å². The smallest absolute Gasteiger partial charge is 0.308 e. The molecule has 0 aliphatic rings. The van der Waals surface area contributed by atoms with Gasteiger partial charge in [-0.15, -0.1) is 0 Å². The highest BCUT2D eigenvalue weighted by Gasteiger charge is 2.28. The molecular formula is C10H14FN3O4S. The van der Waals surface area contributed by atoms with Gasteiger partial charge in [-0.1, -0.05) is 6.07 Å². The fourth-order valence-corrected chi connectivity index (χ4v) is 2.57. The fourth-order valence-electron chi connectivity index (χ4n) is 1.37. The van der Waals surface area contributed by atoms with Crippen LogP contribution >= 0.6 is 0 Å². The number of nitro benzene ring substituents is 1. The number of para-hydroxylation sites is 1. The second-order valence-electron chi connectivity index (χ2n) is 4.04.